The van der Waals surface area contributed by atoms with Crippen molar-refractivity contribution in [1.82, 2.24) is 10.2 Å². The lowest BCUT2D eigenvalue weighted by atomic mass is 10.1. The number of aliphatic carboxylic acids is 1. The Balaban J connectivity index is 2.32. The van der Waals surface area contributed by atoms with Crippen LogP contribution in [0.4, 0.5) is 0 Å². The number of carbonyl (C=O) groups is 1. The fourth-order valence-corrected chi connectivity index (χ4v) is 1.59. The number of nitrogens with one attached hydrogen (secondary N) is 1. The van der Waals surface area contributed by atoms with Gasteiger partial charge in [0.05, 0.1) is 6.42 Å². The van der Waals surface area contributed by atoms with Crippen molar-refractivity contribution in [2.24, 2.45) is 0 Å². The zero-order valence-corrected chi connectivity index (χ0v) is 7.70. The maximum Gasteiger partial charge on any atom is 0.304 e. The molecule has 4 nitrogen and oxygen atoms in total. The topological polar surface area (TPSA) is 52.6 Å². The number of rotatable bonds is 4. The maximum atomic E-state index is 10.5. The van der Waals surface area contributed by atoms with Crippen LogP contribution < -0.4 is 5.32 Å². The molecule has 0 aromatic carbocycles. The molecule has 1 saturated heterocycles. The van der Waals surface area contributed by atoms with Gasteiger partial charge < -0.3 is 10.4 Å². The Morgan fingerprint density at radius 3 is 3.15 bits per heavy atom. The number of piperazine rings is 1. The SMILES string of the molecule is C=CCN1CCNC(CC(=O)O)C1. The second kappa shape index (κ2) is 4.99. The van der Waals surface area contributed by atoms with Gasteiger partial charge in [0.25, 0.3) is 0 Å². The van der Waals surface area contributed by atoms with Gasteiger partial charge in [-0.1, -0.05) is 6.08 Å². The Morgan fingerprint density at radius 2 is 2.54 bits per heavy atom. The molecule has 1 fully saturated rings. The van der Waals surface area contributed by atoms with Crippen LogP contribution in [0.3, 0.4) is 0 Å². The van der Waals surface area contributed by atoms with Gasteiger partial charge >= 0.3 is 5.97 Å². The van der Waals surface area contributed by atoms with Crippen LogP contribution >= 0.6 is 0 Å². The van der Waals surface area contributed by atoms with E-state index in [0.717, 1.165) is 26.2 Å². The minimum atomic E-state index is -0.738. The molecule has 1 atom stereocenters. The van der Waals surface area contributed by atoms with E-state index in [1.165, 1.54) is 0 Å². The third kappa shape index (κ3) is 3.57. The van der Waals surface area contributed by atoms with Crippen molar-refractivity contribution in [1.29, 1.82) is 0 Å². The summed E-state index contributed by atoms with van der Waals surface area (Å²) in [5.41, 5.74) is 0. The largest absolute Gasteiger partial charge is 0.481 e. The Labute approximate surface area is 78.2 Å². The summed E-state index contributed by atoms with van der Waals surface area (Å²) in [5, 5.41) is 11.8. The van der Waals surface area contributed by atoms with Crippen molar-refractivity contribution in [3.05, 3.63) is 12.7 Å². The van der Waals surface area contributed by atoms with E-state index in [4.69, 9.17) is 5.11 Å². The van der Waals surface area contributed by atoms with Crippen LogP contribution in [0, 0.1) is 0 Å². The lowest BCUT2D eigenvalue weighted by molar-refractivity contribution is -0.137. The van der Waals surface area contributed by atoms with E-state index in [2.05, 4.69) is 16.8 Å². The number of nitrogens with zero attached hydrogens (tertiary/aromatic N) is 1. The molecule has 1 rings (SSSR count). The zero-order chi connectivity index (χ0) is 9.68. The monoisotopic (exact) mass is 184 g/mol. The van der Waals surface area contributed by atoms with Gasteiger partial charge in [-0.05, 0) is 0 Å². The summed E-state index contributed by atoms with van der Waals surface area (Å²) in [6.45, 7) is 7.15. The van der Waals surface area contributed by atoms with Crippen molar-refractivity contribution < 1.29 is 9.90 Å². The fraction of sp³-hybridized carbons (Fsp3) is 0.667. The third-order valence-corrected chi connectivity index (χ3v) is 2.15. The van der Waals surface area contributed by atoms with E-state index in [1.54, 1.807) is 0 Å². The van der Waals surface area contributed by atoms with Gasteiger partial charge in [-0.3, -0.25) is 9.69 Å². The van der Waals surface area contributed by atoms with Crippen molar-refractivity contribution in [3.8, 4) is 0 Å². The van der Waals surface area contributed by atoms with Gasteiger partial charge in [-0.2, -0.15) is 0 Å². The van der Waals surface area contributed by atoms with Crippen LogP contribution in [0.2, 0.25) is 0 Å². The van der Waals surface area contributed by atoms with Gasteiger partial charge in [0, 0.05) is 32.2 Å². The van der Waals surface area contributed by atoms with Gasteiger partial charge in [-0.15, -0.1) is 6.58 Å². The highest BCUT2D eigenvalue weighted by molar-refractivity contribution is 5.67. The summed E-state index contributed by atoms with van der Waals surface area (Å²) in [6.07, 6.45) is 2.05. The molecule has 0 aliphatic carbocycles. The Kier molecular flexibility index (Phi) is 3.92. The molecule has 1 aliphatic rings. The number of carboxylic acids is 1. The fourth-order valence-electron chi connectivity index (χ4n) is 1.59. The molecule has 74 valence electrons. The molecule has 1 unspecified atom stereocenters. The van der Waals surface area contributed by atoms with E-state index in [1.807, 2.05) is 6.08 Å². The molecule has 0 saturated carbocycles. The molecule has 0 amide bonds. The Hall–Kier alpha value is -0.870. The number of carboxylic acid groups (broad SMARTS) is 1. The van der Waals surface area contributed by atoms with Gasteiger partial charge in [-0.25, -0.2) is 0 Å². The molecule has 1 heterocycles. The average Bonchev–Trinajstić information content (AvgIpc) is 2.04. The first-order chi connectivity index (χ1) is 6.22. The molecule has 1 aliphatic heterocycles. The van der Waals surface area contributed by atoms with Crippen molar-refractivity contribution in [3.63, 3.8) is 0 Å². The summed E-state index contributed by atoms with van der Waals surface area (Å²) in [4.78, 5) is 12.7. The second-order valence-electron chi connectivity index (χ2n) is 3.30. The predicted molar refractivity (Wildman–Crippen MR) is 50.7 cm³/mol. The highest BCUT2D eigenvalue weighted by atomic mass is 16.4. The number of hydrogen-bond donors (Lipinski definition) is 2. The molecule has 0 radical (unpaired) electrons. The molecule has 13 heavy (non-hydrogen) atoms. The molecule has 0 spiro atoms. The molecule has 4 heteroatoms. The maximum absolute atomic E-state index is 10.5. The smallest absolute Gasteiger partial charge is 0.304 e. The molecular formula is C9H16N2O2. The first-order valence-electron chi connectivity index (χ1n) is 4.51. The lowest BCUT2D eigenvalue weighted by Crippen LogP contribution is -2.51. The highest BCUT2D eigenvalue weighted by Crippen LogP contribution is 2.02. The average molecular weight is 184 g/mol. The van der Waals surface area contributed by atoms with Crippen molar-refractivity contribution in [2.45, 2.75) is 12.5 Å². The summed E-state index contributed by atoms with van der Waals surface area (Å²) in [6, 6.07) is 0.0891. The van der Waals surface area contributed by atoms with E-state index in [-0.39, 0.29) is 12.5 Å². The quantitative estimate of drug-likeness (QED) is 0.600. The zero-order valence-electron chi connectivity index (χ0n) is 7.70. The third-order valence-electron chi connectivity index (χ3n) is 2.15. The van der Waals surface area contributed by atoms with Crippen molar-refractivity contribution >= 4 is 5.97 Å². The van der Waals surface area contributed by atoms with E-state index in [0.29, 0.717) is 0 Å². The molecule has 0 bridgehead atoms. The minimum Gasteiger partial charge on any atom is -0.481 e. The Bertz CT molecular complexity index is 194. The van der Waals surface area contributed by atoms with E-state index in [9.17, 15) is 4.79 Å². The van der Waals surface area contributed by atoms with Crippen molar-refractivity contribution in [2.75, 3.05) is 26.2 Å². The summed E-state index contributed by atoms with van der Waals surface area (Å²) in [5.74, 6) is -0.738. The van der Waals surface area contributed by atoms with E-state index < -0.39 is 5.97 Å². The minimum absolute atomic E-state index is 0.0891. The van der Waals surface area contributed by atoms with E-state index >= 15 is 0 Å². The van der Waals surface area contributed by atoms with Crippen LogP contribution in [-0.4, -0.2) is 48.2 Å². The summed E-state index contributed by atoms with van der Waals surface area (Å²) in [7, 11) is 0. The standard InChI is InChI=1S/C9H16N2O2/c1-2-4-11-5-3-10-8(7-11)6-9(12)13/h2,8,10H,1,3-7H2,(H,12,13). The highest BCUT2D eigenvalue weighted by Gasteiger charge is 2.20. The normalized spacial score (nSPS) is 24.2. The Morgan fingerprint density at radius 1 is 1.77 bits per heavy atom. The lowest BCUT2D eigenvalue weighted by Gasteiger charge is -2.32. The predicted octanol–water partition coefficient (Wildman–Crippen LogP) is -0.0791. The summed E-state index contributed by atoms with van der Waals surface area (Å²) < 4.78 is 0. The van der Waals surface area contributed by atoms with Crippen LogP contribution in [0.1, 0.15) is 6.42 Å². The molecular weight excluding hydrogens is 168 g/mol. The molecule has 2 N–H and O–H groups in total. The van der Waals surface area contributed by atoms with Crippen LogP contribution in [0.5, 0.6) is 0 Å². The summed E-state index contributed by atoms with van der Waals surface area (Å²) >= 11 is 0. The van der Waals surface area contributed by atoms with Gasteiger partial charge in [0.2, 0.25) is 0 Å². The second-order valence-corrected chi connectivity index (χ2v) is 3.30. The molecule has 0 aromatic rings. The first-order valence-corrected chi connectivity index (χ1v) is 4.51. The van der Waals surface area contributed by atoms with Crippen LogP contribution in [0.25, 0.3) is 0 Å². The van der Waals surface area contributed by atoms with Gasteiger partial charge in [0.15, 0.2) is 0 Å². The molecule has 0 aromatic heterocycles. The van der Waals surface area contributed by atoms with Gasteiger partial charge in [0.1, 0.15) is 0 Å². The van der Waals surface area contributed by atoms with Crippen LogP contribution in [0.15, 0.2) is 12.7 Å². The first kappa shape index (κ1) is 10.2. The number of hydrogen-bond acceptors (Lipinski definition) is 3. The van der Waals surface area contributed by atoms with Crippen LogP contribution in [-0.2, 0) is 4.79 Å².